The molecule has 128 valence electrons. The lowest BCUT2D eigenvalue weighted by atomic mass is 10.2. The molecule has 1 aromatic carbocycles. The first-order valence-electron chi connectivity index (χ1n) is 7.83. The molecule has 1 aromatic heterocycles. The molecule has 0 unspecified atom stereocenters. The summed E-state index contributed by atoms with van der Waals surface area (Å²) in [5, 5.41) is 1.89. The number of hydrogen-bond donors (Lipinski definition) is 0. The average Bonchev–Trinajstić information content (AvgIpc) is 3.10. The number of rotatable bonds is 5. The van der Waals surface area contributed by atoms with Crippen LogP contribution in [0.3, 0.4) is 0 Å². The zero-order valence-corrected chi connectivity index (χ0v) is 15.1. The average molecular weight is 364 g/mol. The van der Waals surface area contributed by atoms with Gasteiger partial charge in [0.15, 0.2) is 5.78 Å². The molecule has 1 saturated heterocycles. The van der Waals surface area contributed by atoms with E-state index in [1.807, 2.05) is 41.5 Å². The van der Waals surface area contributed by atoms with E-state index in [4.69, 9.17) is 0 Å². The van der Waals surface area contributed by atoms with E-state index in [0.717, 1.165) is 10.4 Å². The van der Waals surface area contributed by atoms with Crippen molar-refractivity contribution < 1.29 is 13.2 Å². The number of carbonyl (C=O) groups is 1. The lowest BCUT2D eigenvalue weighted by Gasteiger charge is -2.33. The first-order valence-corrected chi connectivity index (χ1v) is 10.1. The first-order chi connectivity index (χ1) is 11.5. The maximum Gasteiger partial charge on any atom is 0.243 e. The van der Waals surface area contributed by atoms with E-state index in [1.165, 1.54) is 15.6 Å². The summed E-state index contributed by atoms with van der Waals surface area (Å²) in [5.74, 6) is 0.0971. The van der Waals surface area contributed by atoms with Gasteiger partial charge in [0.1, 0.15) is 0 Å². The molecule has 5 nitrogen and oxygen atoms in total. The second-order valence-electron chi connectivity index (χ2n) is 5.89. The molecule has 1 aliphatic heterocycles. The fourth-order valence-electron chi connectivity index (χ4n) is 2.71. The number of carbonyl (C=O) groups excluding carboxylic acids is 1. The third kappa shape index (κ3) is 3.75. The Balaban J connectivity index is 1.60. The van der Waals surface area contributed by atoms with Crippen LogP contribution in [-0.4, -0.2) is 56.1 Å². The minimum absolute atomic E-state index is 0.0971. The van der Waals surface area contributed by atoms with Gasteiger partial charge in [-0.05, 0) is 30.5 Å². The van der Waals surface area contributed by atoms with Crippen molar-refractivity contribution in [1.82, 2.24) is 9.21 Å². The van der Waals surface area contributed by atoms with E-state index in [2.05, 4.69) is 0 Å². The van der Waals surface area contributed by atoms with Crippen molar-refractivity contribution in [2.45, 2.75) is 11.8 Å². The van der Waals surface area contributed by atoms with Gasteiger partial charge in [-0.3, -0.25) is 9.69 Å². The van der Waals surface area contributed by atoms with E-state index >= 15 is 0 Å². The van der Waals surface area contributed by atoms with Crippen LogP contribution in [0.2, 0.25) is 0 Å². The quantitative estimate of drug-likeness (QED) is 0.764. The summed E-state index contributed by atoms with van der Waals surface area (Å²) in [6.45, 7) is 4.24. The summed E-state index contributed by atoms with van der Waals surface area (Å²) in [6, 6.07) is 10.6. The van der Waals surface area contributed by atoms with Crippen LogP contribution < -0.4 is 0 Å². The SMILES string of the molecule is Cc1ccc(S(=O)(=O)N2CCN(CC(=O)c3cccs3)CC2)cc1. The number of aryl methyl sites for hydroxylation is 1. The molecule has 1 fully saturated rings. The predicted octanol–water partition coefficient (Wildman–Crippen LogP) is 2.25. The molecule has 2 aromatic rings. The highest BCUT2D eigenvalue weighted by atomic mass is 32.2. The lowest BCUT2D eigenvalue weighted by Crippen LogP contribution is -2.49. The summed E-state index contributed by atoms with van der Waals surface area (Å²) < 4.78 is 26.8. The second kappa shape index (κ2) is 7.14. The smallest absolute Gasteiger partial charge is 0.243 e. The van der Waals surface area contributed by atoms with Crippen molar-refractivity contribution in [3.63, 3.8) is 0 Å². The minimum Gasteiger partial charge on any atom is -0.293 e. The summed E-state index contributed by atoms with van der Waals surface area (Å²) in [6.07, 6.45) is 0. The summed E-state index contributed by atoms with van der Waals surface area (Å²) in [5.41, 5.74) is 1.03. The molecule has 0 radical (unpaired) electrons. The highest BCUT2D eigenvalue weighted by Crippen LogP contribution is 2.18. The van der Waals surface area contributed by atoms with Gasteiger partial charge in [0, 0.05) is 26.2 Å². The molecule has 1 aliphatic rings. The normalized spacial score (nSPS) is 17.0. The molecule has 2 heterocycles. The Morgan fingerprint density at radius 1 is 1.08 bits per heavy atom. The molecule has 7 heteroatoms. The van der Waals surface area contributed by atoms with E-state index in [0.29, 0.717) is 37.6 Å². The molecule has 24 heavy (non-hydrogen) atoms. The number of ketones is 1. The van der Waals surface area contributed by atoms with Crippen molar-refractivity contribution in [2.75, 3.05) is 32.7 Å². The maximum atomic E-state index is 12.7. The van der Waals surface area contributed by atoms with Crippen LogP contribution in [0.25, 0.3) is 0 Å². The second-order valence-corrected chi connectivity index (χ2v) is 8.78. The molecular weight excluding hydrogens is 344 g/mol. The van der Waals surface area contributed by atoms with Crippen molar-refractivity contribution in [2.24, 2.45) is 0 Å². The van der Waals surface area contributed by atoms with Gasteiger partial charge < -0.3 is 0 Å². The number of thiophene rings is 1. The van der Waals surface area contributed by atoms with Gasteiger partial charge in [-0.1, -0.05) is 23.8 Å². The summed E-state index contributed by atoms with van der Waals surface area (Å²) >= 11 is 1.44. The Labute approximate surface area is 146 Å². The molecule has 0 saturated carbocycles. The van der Waals surface area contributed by atoms with Gasteiger partial charge in [-0.25, -0.2) is 8.42 Å². The van der Waals surface area contributed by atoms with Crippen LogP contribution in [0, 0.1) is 6.92 Å². The Morgan fingerprint density at radius 3 is 2.33 bits per heavy atom. The highest BCUT2D eigenvalue weighted by Gasteiger charge is 2.29. The minimum atomic E-state index is -3.45. The molecule has 0 bridgehead atoms. The van der Waals surface area contributed by atoms with Crippen LogP contribution in [0.15, 0.2) is 46.7 Å². The number of benzene rings is 1. The fourth-order valence-corrected chi connectivity index (χ4v) is 4.78. The number of nitrogens with zero attached hydrogens (tertiary/aromatic N) is 2. The number of piperazine rings is 1. The van der Waals surface area contributed by atoms with E-state index in [1.54, 1.807) is 12.1 Å². The van der Waals surface area contributed by atoms with Gasteiger partial charge >= 0.3 is 0 Å². The molecule has 0 amide bonds. The topological polar surface area (TPSA) is 57.7 Å². The fraction of sp³-hybridized carbons (Fsp3) is 0.353. The molecule has 0 atom stereocenters. The Bertz CT molecular complexity index is 791. The number of hydrogen-bond acceptors (Lipinski definition) is 5. The third-order valence-corrected chi connectivity index (χ3v) is 6.98. The Kier molecular flexibility index (Phi) is 5.15. The monoisotopic (exact) mass is 364 g/mol. The van der Waals surface area contributed by atoms with Crippen molar-refractivity contribution in [3.05, 3.63) is 52.2 Å². The van der Waals surface area contributed by atoms with Gasteiger partial charge in [-0.15, -0.1) is 11.3 Å². The zero-order chi connectivity index (χ0) is 17.2. The van der Waals surface area contributed by atoms with Crippen LogP contribution >= 0.6 is 11.3 Å². The van der Waals surface area contributed by atoms with Crippen molar-refractivity contribution >= 4 is 27.1 Å². The van der Waals surface area contributed by atoms with Crippen molar-refractivity contribution in [3.8, 4) is 0 Å². The largest absolute Gasteiger partial charge is 0.293 e. The van der Waals surface area contributed by atoms with E-state index < -0.39 is 10.0 Å². The van der Waals surface area contributed by atoms with Crippen LogP contribution in [0.1, 0.15) is 15.2 Å². The Morgan fingerprint density at radius 2 is 1.75 bits per heavy atom. The molecule has 0 spiro atoms. The molecule has 3 rings (SSSR count). The van der Waals surface area contributed by atoms with Gasteiger partial charge in [0.2, 0.25) is 10.0 Å². The predicted molar refractivity (Wildman–Crippen MR) is 95.0 cm³/mol. The maximum absolute atomic E-state index is 12.7. The highest BCUT2D eigenvalue weighted by molar-refractivity contribution is 7.89. The van der Waals surface area contributed by atoms with E-state index in [-0.39, 0.29) is 5.78 Å². The summed E-state index contributed by atoms with van der Waals surface area (Å²) in [7, 11) is -3.45. The third-order valence-electron chi connectivity index (χ3n) is 4.15. The Hall–Kier alpha value is -1.54. The van der Waals surface area contributed by atoms with Gasteiger partial charge in [-0.2, -0.15) is 4.31 Å². The summed E-state index contributed by atoms with van der Waals surface area (Å²) in [4.78, 5) is 15.2. The first kappa shape index (κ1) is 17.3. The number of Topliss-reactive ketones (excluding diaryl/α,β-unsaturated/α-hetero) is 1. The zero-order valence-electron chi connectivity index (χ0n) is 13.5. The lowest BCUT2D eigenvalue weighted by molar-refractivity contribution is 0.0905. The van der Waals surface area contributed by atoms with Crippen LogP contribution in [-0.2, 0) is 10.0 Å². The van der Waals surface area contributed by atoms with Crippen LogP contribution in [0.5, 0.6) is 0 Å². The molecule has 0 N–H and O–H groups in total. The standard InChI is InChI=1S/C17H20N2O3S2/c1-14-4-6-15(7-5-14)24(21,22)19-10-8-18(9-11-19)13-16(20)17-3-2-12-23-17/h2-7,12H,8-11,13H2,1H3. The van der Waals surface area contributed by atoms with Crippen molar-refractivity contribution in [1.29, 1.82) is 0 Å². The number of sulfonamides is 1. The van der Waals surface area contributed by atoms with Gasteiger partial charge in [0.05, 0.1) is 16.3 Å². The van der Waals surface area contributed by atoms with Crippen LogP contribution in [0.4, 0.5) is 0 Å². The van der Waals surface area contributed by atoms with E-state index in [9.17, 15) is 13.2 Å². The molecular formula is C17H20N2O3S2. The van der Waals surface area contributed by atoms with Gasteiger partial charge in [0.25, 0.3) is 0 Å². The molecule has 0 aliphatic carbocycles.